The molecule has 0 aromatic rings. The molecule has 1 aliphatic rings. The minimum absolute atomic E-state index is 0.263. The van der Waals surface area contributed by atoms with Crippen LogP contribution in [-0.4, -0.2) is 56.0 Å². The molecule has 0 aromatic heterocycles. The molecule has 21 heavy (non-hydrogen) atoms. The van der Waals surface area contributed by atoms with Gasteiger partial charge in [0.15, 0.2) is 0 Å². The van der Waals surface area contributed by atoms with Gasteiger partial charge in [-0.25, -0.2) is 4.79 Å². The number of rotatable bonds is 7. The fourth-order valence-electron chi connectivity index (χ4n) is 2.62. The maximum absolute atomic E-state index is 12.2. The molecule has 0 aromatic carbocycles. The zero-order valence-electron chi connectivity index (χ0n) is 14.3. The molecule has 124 valence electrons. The van der Waals surface area contributed by atoms with Gasteiger partial charge in [0.1, 0.15) is 5.60 Å². The average molecular weight is 300 g/mol. The lowest BCUT2D eigenvalue weighted by molar-refractivity contribution is 0.0203. The maximum atomic E-state index is 12.2. The van der Waals surface area contributed by atoms with Crippen molar-refractivity contribution < 1.29 is 14.3 Å². The van der Waals surface area contributed by atoms with Crippen LogP contribution in [0.3, 0.4) is 0 Å². The molecule has 0 aliphatic heterocycles. The van der Waals surface area contributed by atoms with Gasteiger partial charge >= 0.3 is 6.09 Å². The highest BCUT2D eigenvalue weighted by molar-refractivity contribution is 5.68. The Labute approximate surface area is 129 Å². The largest absolute Gasteiger partial charge is 0.444 e. The normalized spacial score (nSPS) is 22.3. The minimum Gasteiger partial charge on any atom is -0.444 e. The Hall–Kier alpha value is -0.810. The van der Waals surface area contributed by atoms with Crippen molar-refractivity contribution in [3.63, 3.8) is 0 Å². The third-order valence-corrected chi connectivity index (χ3v) is 3.73. The Balaban J connectivity index is 2.36. The lowest BCUT2D eigenvalue weighted by Gasteiger charge is -2.27. The zero-order valence-corrected chi connectivity index (χ0v) is 14.3. The van der Waals surface area contributed by atoms with Gasteiger partial charge in [0.05, 0.1) is 6.61 Å². The van der Waals surface area contributed by atoms with Gasteiger partial charge in [-0.05, 0) is 46.0 Å². The van der Waals surface area contributed by atoms with Crippen LogP contribution >= 0.6 is 0 Å². The molecule has 5 nitrogen and oxygen atoms in total. The van der Waals surface area contributed by atoms with Crippen molar-refractivity contribution in [3.05, 3.63) is 0 Å². The highest BCUT2D eigenvalue weighted by Gasteiger charge is 2.23. The van der Waals surface area contributed by atoms with E-state index in [4.69, 9.17) is 9.47 Å². The summed E-state index contributed by atoms with van der Waals surface area (Å²) in [5.74, 6) is 0.818. The van der Waals surface area contributed by atoms with Crippen LogP contribution in [0.4, 0.5) is 4.79 Å². The van der Waals surface area contributed by atoms with Gasteiger partial charge in [-0.15, -0.1) is 0 Å². The molecule has 2 unspecified atom stereocenters. The molecular weight excluding hydrogens is 268 g/mol. The first kappa shape index (κ1) is 18.2. The molecule has 0 spiro atoms. The Bertz CT molecular complexity index is 315. The lowest BCUT2D eigenvalue weighted by Crippen LogP contribution is -2.43. The summed E-state index contributed by atoms with van der Waals surface area (Å²) in [6, 6.07) is 0.600. The van der Waals surface area contributed by atoms with E-state index in [1.807, 2.05) is 20.8 Å². The molecule has 0 bridgehead atoms. The second kappa shape index (κ2) is 8.59. The number of hydrogen-bond acceptors (Lipinski definition) is 4. The number of hydrogen-bond donors (Lipinski definition) is 1. The maximum Gasteiger partial charge on any atom is 0.410 e. The van der Waals surface area contributed by atoms with Crippen LogP contribution in [0, 0.1) is 5.92 Å². The average Bonchev–Trinajstić information content (AvgIpc) is 2.77. The topological polar surface area (TPSA) is 50.8 Å². The Morgan fingerprint density at radius 3 is 2.52 bits per heavy atom. The zero-order chi connectivity index (χ0) is 15.9. The number of nitrogens with one attached hydrogen (secondary N) is 1. The van der Waals surface area contributed by atoms with Crippen LogP contribution in [-0.2, 0) is 9.47 Å². The van der Waals surface area contributed by atoms with E-state index in [2.05, 4.69) is 12.2 Å². The van der Waals surface area contributed by atoms with Crippen molar-refractivity contribution in [1.29, 1.82) is 0 Å². The standard InChI is InChI=1S/C16H32N2O3/c1-13-6-7-14(12-13)17-8-9-18(10-11-20-5)15(19)21-16(2,3)4/h13-14,17H,6-12H2,1-5H3. The smallest absolute Gasteiger partial charge is 0.410 e. The third kappa shape index (κ3) is 7.67. The molecule has 0 radical (unpaired) electrons. The Morgan fingerprint density at radius 2 is 2.00 bits per heavy atom. The van der Waals surface area contributed by atoms with Crippen LogP contribution in [0.25, 0.3) is 0 Å². The first-order chi connectivity index (χ1) is 9.81. The van der Waals surface area contributed by atoms with E-state index < -0.39 is 5.60 Å². The number of amides is 1. The van der Waals surface area contributed by atoms with Crippen LogP contribution in [0.5, 0.6) is 0 Å². The van der Waals surface area contributed by atoms with Crippen molar-refractivity contribution in [2.75, 3.05) is 33.4 Å². The van der Waals surface area contributed by atoms with Crippen LogP contribution in [0.1, 0.15) is 47.0 Å². The van der Waals surface area contributed by atoms with E-state index in [1.54, 1.807) is 12.0 Å². The molecule has 0 heterocycles. The molecular formula is C16H32N2O3. The fraction of sp³-hybridized carbons (Fsp3) is 0.938. The summed E-state index contributed by atoms with van der Waals surface area (Å²) in [5.41, 5.74) is -0.462. The van der Waals surface area contributed by atoms with Crippen molar-refractivity contribution in [2.45, 2.75) is 58.6 Å². The second-order valence-electron chi connectivity index (χ2n) is 7.03. The Morgan fingerprint density at radius 1 is 1.29 bits per heavy atom. The van der Waals surface area contributed by atoms with E-state index in [1.165, 1.54) is 19.3 Å². The quantitative estimate of drug-likeness (QED) is 0.785. The molecule has 1 fully saturated rings. The predicted molar refractivity (Wildman–Crippen MR) is 84.5 cm³/mol. The number of carbonyl (C=O) groups excluding carboxylic acids is 1. The molecule has 1 amide bonds. The molecule has 0 saturated heterocycles. The fourth-order valence-corrected chi connectivity index (χ4v) is 2.62. The van der Waals surface area contributed by atoms with Crippen LogP contribution in [0.2, 0.25) is 0 Å². The highest BCUT2D eigenvalue weighted by atomic mass is 16.6. The van der Waals surface area contributed by atoms with Crippen molar-refractivity contribution >= 4 is 6.09 Å². The first-order valence-electron chi connectivity index (χ1n) is 8.02. The van der Waals surface area contributed by atoms with Gasteiger partial charge < -0.3 is 19.7 Å². The molecule has 1 N–H and O–H groups in total. The second-order valence-corrected chi connectivity index (χ2v) is 7.03. The molecule has 1 aliphatic carbocycles. The highest BCUT2D eigenvalue weighted by Crippen LogP contribution is 2.24. The number of carbonyl (C=O) groups is 1. The van der Waals surface area contributed by atoms with E-state index in [0.717, 1.165) is 12.5 Å². The SMILES string of the molecule is COCCN(CCNC1CCC(C)C1)C(=O)OC(C)(C)C. The van der Waals surface area contributed by atoms with E-state index in [-0.39, 0.29) is 6.09 Å². The lowest BCUT2D eigenvalue weighted by atomic mass is 10.1. The van der Waals surface area contributed by atoms with Crippen LogP contribution in [0.15, 0.2) is 0 Å². The van der Waals surface area contributed by atoms with E-state index in [9.17, 15) is 4.79 Å². The van der Waals surface area contributed by atoms with Gasteiger partial charge in [-0.3, -0.25) is 0 Å². The predicted octanol–water partition coefficient (Wildman–Crippen LogP) is 2.65. The summed E-state index contributed by atoms with van der Waals surface area (Å²) >= 11 is 0. The summed E-state index contributed by atoms with van der Waals surface area (Å²) in [7, 11) is 1.64. The van der Waals surface area contributed by atoms with Crippen molar-refractivity contribution in [3.8, 4) is 0 Å². The van der Waals surface area contributed by atoms with Crippen LogP contribution < -0.4 is 5.32 Å². The van der Waals surface area contributed by atoms with E-state index in [0.29, 0.717) is 25.7 Å². The summed E-state index contributed by atoms with van der Waals surface area (Å²) < 4.78 is 10.5. The monoisotopic (exact) mass is 300 g/mol. The molecule has 2 atom stereocenters. The van der Waals surface area contributed by atoms with Gasteiger partial charge in [-0.2, -0.15) is 0 Å². The first-order valence-corrected chi connectivity index (χ1v) is 8.02. The number of nitrogens with zero attached hydrogens (tertiary/aromatic N) is 1. The molecule has 1 rings (SSSR count). The van der Waals surface area contributed by atoms with Gasteiger partial charge in [0.25, 0.3) is 0 Å². The molecule has 5 heteroatoms. The summed E-state index contributed by atoms with van der Waals surface area (Å²) in [6.45, 7) is 10.5. The van der Waals surface area contributed by atoms with Crippen molar-refractivity contribution in [2.24, 2.45) is 5.92 Å². The Kier molecular flexibility index (Phi) is 7.46. The summed E-state index contributed by atoms with van der Waals surface area (Å²) in [6.07, 6.45) is 3.52. The van der Waals surface area contributed by atoms with Gasteiger partial charge in [0.2, 0.25) is 0 Å². The summed E-state index contributed by atoms with van der Waals surface area (Å²) in [4.78, 5) is 13.9. The van der Waals surface area contributed by atoms with Gasteiger partial charge in [-0.1, -0.05) is 6.92 Å². The van der Waals surface area contributed by atoms with Crippen molar-refractivity contribution in [1.82, 2.24) is 10.2 Å². The molecule has 1 saturated carbocycles. The van der Waals surface area contributed by atoms with Gasteiger partial charge in [0, 0.05) is 32.8 Å². The number of ether oxygens (including phenoxy) is 2. The third-order valence-electron chi connectivity index (χ3n) is 3.73. The number of methoxy groups -OCH3 is 1. The van der Waals surface area contributed by atoms with E-state index >= 15 is 0 Å². The minimum atomic E-state index is -0.462. The summed E-state index contributed by atoms with van der Waals surface area (Å²) in [5, 5.41) is 3.55.